The van der Waals surface area contributed by atoms with Gasteiger partial charge in [0.1, 0.15) is 5.76 Å². The Balaban J connectivity index is 1.62. The molecule has 0 spiro atoms. The molecule has 0 bridgehead atoms. The number of benzene rings is 2. The van der Waals surface area contributed by atoms with E-state index < -0.39 is 0 Å². The number of hydrogen-bond acceptors (Lipinski definition) is 6. The molecular formula is C27H28ClN3O2S. The van der Waals surface area contributed by atoms with Crippen molar-refractivity contribution in [2.75, 3.05) is 43.2 Å². The van der Waals surface area contributed by atoms with Crippen molar-refractivity contribution in [2.45, 2.75) is 13.3 Å². The third-order valence-corrected chi connectivity index (χ3v) is 6.53. The van der Waals surface area contributed by atoms with Gasteiger partial charge in [-0.25, -0.2) is 0 Å². The smallest absolute Gasteiger partial charge is 0.118 e. The summed E-state index contributed by atoms with van der Waals surface area (Å²) in [7, 11) is 1.99. The Morgan fingerprint density at radius 2 is 1.76 bits per heavy atom. The number of nitrogens with zero attached hydrogens (tertiary/aromatic N) is 3. The quantitative estimate of drug-likeness (QED) is 0.233. The average molecular weight is 494 g/mol. The van der Waals surface area contributed by atoms with E-state index in [0.717, 1.165) is 47.7 Å². The van der Waals surface area contributed by atoms with Crippen molar-refractivity contribution < 1.29 is 9.84 Å². The molecule has 0 aliphatic carbocycles. The summed E-state index contributed by atoms with van der Waals surface area (Å²) < 4.78 is 5.50. The Labute approximate surface area is 211 Å². The normalized spacial score (nSPS) is 14.2. The standard InChI is InChI=1S/C27H28ClN3O2S/c1-3-4-26(32)19-15-20(17-24(16-19)31-11-13-33-14-12-31)27(34)25-10-9-23(18-29-25)30(2)22-7-5-21(28)6-8-22/h4-10,15-18,32H,3,11-14H2,1-2H3. The lowest BCUT2D eigenvalue weighted by molar-refractivity contribution is 0.122. The van der Waals surface area contributed by atoms with E-state index in [1.807, 2.05) is 79.7 Å². The van der Waals surface area contributed by atoms with Crippen LogP contribution in [0.3, 0.4) is 0 Å². The monoisotopic (exact) mass is 493 g/mol. The molecule has 1 saturated heterocycles. The van der Waals surface area contributed by atoms with Gasteiger partial charge in [0.2, 0.25) is 0 Å². The second-order valence-electron chi connectivity index (χ2n) is 8.13. The molecule has 0 amide bonds. The number of allylic oxidation sites excluding steroid dienone is 1. The lowest BCUT2D eigenvalue weighted by Crippen LogP contribution is -2.36. The van der Waals surface area contributed by atoms with E-state index >= 15 is 0 Å². The number of aliphatic hydroxyl groups excluding tert-OH is 1. The van der Waals surface area contributed by atoms with Crippen LogP contribution in [0, 0.1) is 0 Å². The largest absolute Gasteiger partial charge is 0.508 e. The lowest BCUT2D eigenvalue weighted by Gasteiger charge is -2.29. The maximum Gasteiger partial charge on any atom is 0.118 e. The van der Waals surface area contributed by atoms with Crippen LogP contribution in [0.5, 0.6) is 0 Å². The zero-order chi connectivity index (χ0) is 24.1. The molecule has 4 rings (SSSR count). The summed E-state index contributed by atoms with van der Waals surface area (Å²) in [4.78, 5) is 9.60. The molecule has 1 aromatic heterocycles. The van der Waals surface area contributed by atoms with Crippen LogP contribution in [0.25, 0.3) is 5.76 Å². The highest BCUT2D eigenvalue weighted by molar-refractivity contribution is 7.81. The first-order chi connectivity index (χ1) is 16.5. The predicted molar refractivity (Wildman–Crippen MR) is 145 cm³/mol. The predicted octanol–water partition coefficient (Wildman–Crippen LogP) is 6.41. The summed E-state index contributed by atoms with van der Waals surface area (Å²) in [6, 6.07) is 17.6. The molecule has 176 valence electrons. The Hall–Kier alpha value is -2.93. The molecule has 2 heterocycles. The summed E-state index contributed by atoms with van der Waals surface area (Å²) in [6.45, 7) is 4.98. The van der Waals surface area contributed by atoms with Gasteiger partial charge >= 0.3 is 0 Å². The van der Waals surface area contributed by atoms with Crippen LogP contribution in [0.4, 0.5) is 17.1 Å². The number of rotatable bonds is 7. The van der Waals surface area contributed by atoms with Crippen molar-refractivity contribution in [1.29, 1.82) is 0 Å². The number of thiocarbonyl (C=S) groups is 1. The summed E-state index contributed by atoms with van der Waals surface area (Å²) in [5, 5.41) is 11.3. The fraction of sp³-hybridized carbons (Fsp3) is 0.259. The third kappa shape index (κ3) is 5.58. The van der Waals surface area contributed by atoms with Gasteiger partial charge in [-0.1, -0.05) is 30.7 Å². The minimum Gasteiger partial charge on any atom is -0.508 e. The summed E-state index contributed by atoms with van der Waals surface area (Å²) in [5.74, 6) is 0.259. The van der Waals surface area contributed by atoms with Gasteiger partial charge in [0.15, 0.2) is 0 Å². The van der Waals surface area contributed by atoms with E-state index in [-0.39, 0.29) is 5.76 Å². The van der Waals surface area contributed by atoms with Gasteiger partial charge in [-0.15, -0.1) is 0 Å². The molecule has 0 unspecified atom stereocenters. The minimum atomic E-state index is 0.259. The van der Waals surface area contributed by atoms with Crippen molar-refractivity contribution in [3.05, 3.63) is 88.7 Å². The second-order valence-corrected chi connectivity index (χ2v) is 8.98. The van der Waals surface area contributed by atoms with Crippen LogP contribution >= 0.6 is 23.8 Å². The summed E-state index contributed by atoms with van der Waals surface area (Å²) >= 11 is 11.9. The summed E-state index contributed by atoms with van der Waals surface area (Å²) in [6.07, 6.45) is 4.37. The molecule has 7 heteroatoms. The van der Waals surface area contributed by atoms with Crippen molar-refractivity contribution >= 4 is 51.5 Å². The first-order valence-electron chi connectivity index (χ1n) is 11.3. The molecule has 2 aromatic carbocycles. The van der Waals surface area contributed by atoms with E-state index in [1.165, 1.54) is 0 Å². The molecule has 34 heavy (non-hydrogen) atoms. The highest BCUT2D eigenvalue weighted by atomic mass is 35.5. The topological polar surface area (TPSA) is 48.8 Å². The zero-order valence-electron chi connectivity index (χ0n) is 19.4. The molecule has 1 aliphatic rings. The fourth-order valence-electron chi connectivity index (χ4n) is 3.89. The molecule has 0 radical (unpaired) electrons. The Morgan fingerprint density at radius 1 is 1.09 bits per heavy atom. The number of morpholine rings is 1. The number of aliphatic hydroxyl groups is 1. The van der Waals surface area contributed by atoms with Crippen LogP contribution in [0.1, 0.15) is 30.2 Å². The van der Waals surface area contributed by atoms with Crippen molar-refractivity contribution in [1.82, 2.24) is 4.98 Å². The second kappa shape index (κ2) is 11.0. The molecule has 3 aromatic rings. The molecule has 1 fully saturated rings. The zero-order valence-corrected chi connectivity index (χ0v) is 20.9. The molecule has 1 N–H and O–H groups in total. The highest BCUT2D eigenvalue weighted by Crippen LogP contribution is 2.28. The molecule has 1 aliphatic heterocycles. The Morgan fingerprint density at radius 3 is 2.41 bits per heavy atom. The van der Waals surface area contributed by atoms with Crippen LogP contribution in [-0.4, -0.2) is 48.3 Å². The van der Waals surface area contributed by atoms with E-state index in [1.54, 1.807) is 0 Å². The van der Waals surface area contributed by atoms with E-state index in [2.05, 4.69) is 16.0 Å². The van der Waals surface area contributed by atoms with Gasteiger partial charge in [-0.2, -0.15) is 0 Å². The number of ether oxygens (including phenoxy) is 1. The van der Waals surface area contributed by atoms with Gasteiger partial charge in [0, 0.05) is 42.1 Å². The number of anilines is 3. The van der Waals surface area contributed by atoms with E-state index in [4.69, 9.17) is 28.6 Å². The van der Waals surface area contributed by atoms with Crippen molar-refractivity contribution in [2.24, 2.45) is 0 Å². The number of pyridine rings is 1. The van der Waals surface area contributed by atoms with Gasteiger partial charge in [0.25, 0.3) is 0 Å². The molecular weight excluding hydrogens is 466 g/mol. The minimum absolute atomic E-state index is 0.259. The van der Waals surface area contributed by atoms with Gasteiger partial charge in [0.05, 0.1) is 35.7 Å². The first kappa shape index (κ1) is 24.2. The summed E-state index contributed by atoms with van der Waals surface area (Å²) in [5.41, 5.74) is 5.31. The Kier molecular flexibility index (Phi) is 7.83. The van der Waals surface area contributed by atoms with E-state index in [0.29, 0.717) is 28.8 Å². The highest BCUT2D eigenvalue weighted by Gasteiger charge is 2.17. The fourth-order valence-corrected chi connectivity index (χ4v) is 4.25. The SMILES string of the molecule is CCC=C(O)c1cc(C(=S)c2ccc(N(C)c3ccc(Cl)cc3)cn2)cc(N2CCOCC2)c1. The van der Waals surface area contributed by atoms with Crippen LogP contribution < -0.4 is 9.80 Å². The number of hydrogen-bond donors (Lipinski definition) is 1. The molecule has 0 atom stereocenters. The maximum absolute atomic E-state index is 10.6. The number of aromatic nitrogens is 1. The third-order valence-electron chi connectivity index (χ3n) is 5.83. The maximum atomic E-state index is 10.6. The first-order valence-corrected chi connectivity index (χ1v) is 12.1. The van der Waals surface area contributed by atoms with Gasteiger partial charge in [-0.3, -0.25) is 4.98 Å². The van der Waals surface area contributed by atoms with Crippen LogP contribution in [0.15, 0.2) is 66.9 Å². The van der Waals surface area contributed by atoms with E-state index in [9.17, 15) is 5.11 Å². The van der Waals surface area contributed by atoms with Crippen LogP contribution in [-0.2, 0) is 4.74 Å². The van der Waals surface area contributed by atoms with Crippen LogP contribution in [0.2, 0.25) is 5.02 Å². The van der Waals surface area contributed by atoms with Gasteiger partial charge < -0.3 is 19.6 Å². The molecule has 5 nitrogen and oxygen atoms in total. The van der Waals surface area contributed by atoms with Crippen molar-refractivity contribution in [3.63, 3.8) is 0 Å². The van der Waals surface area contributed by atoms with Crippen molar-refractivity contribution in [3.8, 4) is 0 Å². The molecule has 0 saturated carbocycles. The number of halogens is 1. The Bertz CT molecular complexity index is 1170. The lowest BCUT2D eigenvalue weighted by atomic mass is 10.0. The average Bonchev–Trinajstić information content (AvgIpc) is 2.89. The van der Waals surface area contributed by atoms with Gasteiger partial charge in [-0.05, 0) is 72.7 Å².